The van der Waals surface area contributed by atoms with Crippen molar-refractivity contribution in [1.82, 2.24) is 5.32 Å². The molecule has 0 aliphatic heterocycles. The fourth-order valence-electron chi connectivity index (χ4n) is 2.42. The molecule has 0 spiro atoms. The molecule has 0 unspecified atom stereocenters. The van der Waals surface area contributed by atoms with Crippen LogP contribution in [0, 0.1) is 21.4 Å². The molecule has 0 saturated heterocycles. The molecule has 1 aromatic carbocycles. The van der Waals surface area contributed by atoms with Crippen LogP contribution in [0.1, 0.15) is 25.7 Å². The van der Waals surface area contributed by atoms with Crippen molar-refractivity contribution in [3.63, 3.8) is 0 Å². The monoisotopic (exact) mass is 289 g/mol. The maximum atomic E-state index is 11.9. The van der Waals surface area contributed by atoms with Gasteiger partial charge in [-0.3, -0.25) is 14.9 Å². The van der Waals surface area contributed by atoms with Crippen molar-refractivity contribution in [3.8, 4) is 11.8 Å². The number of amides is 1. The van der Waals surface area contributed by atoms with Gasteiger partial charge >= 0.3 is 5.69 Å². The Bertz CT molecular complexity index is 588. The van der Waals surface area contributed by atoms with Gasteiger partial charge in [-0.2, -0.15) is 5.26 Å². The van der Waals surface area contributed by atoms with E-state index in [1.807, 2.05) is 0 Å². The molecule has 1 aliphatic rings. The number of carbonyl (C=O) groups excluding carboxylic acids is 1. The molecule has 1 aliphatic carbocycles. The molecule has 21 heavy (non-hydrogen) atoms. The molecule has 0 aromatic heterocycles. The number of hydrogen-bond acceptors (Lipinski definition) is 5. The minimum atomic E-state index is -0.816. The Hall–Kier alpha value is -2.62. The molecule has 2 rings (SSSR count). The van der Waals surface area contributed by atoms with Crippen LogP contribution in [-0.2, 0) is 4.79 Å². The van der Waals surface area contributed by atoms with Gasteiger partial charge in [-0.1, -0.05) is 12.1 Å². The van der Waals surface area contributed by atoms with Gasteiger partial charge in [-0.15, -0.1) is 0 Å². The zero-order valence-corrected chi connectivity index (χ0v) is 11.4. The van der Waals surface area contributed by atoms with Crippen LogP contribution in [0.4, 0.5) is 5.69 Å². The predicted octanol–water partition coefficient (Wildman–Crippen LogP) is 1.93. The van der Waals surface area contributed by atoms with E-state index in [0.29, 0.717) is 12.8 Å². The van der Waals surface area contributed by atoms with Crippen molar-refractivity contribution >= 4 is 11.6 Å². The Morgan fingerprint density at radius 1 is 1.43 bits per heavy atom. The van der Waals surface area contributed by atoms with Crippen LogP contribution < -0.4 is 10.1 Å². The molecule has 1 amide bonds. The summed E-state index contributed by atoms with van der Waals surface area (Å²) in [7, 11) is 0. The Kier molecular flexibility index (Phi) is 4.38. The summed E-state index contributed by atoms with van der Waals surface area (Å²) in [6.07, 6.45) is 3.05. The van der Waals surface area contributed by atoms with Crippen LogP contribution in [0.3, 0.4) is 0 Å². The fraction of sp³-hybridized carbons (Fsp3) is 0.429. The third-order valence-electron chi connectivity index (χ3n) is 3.47. The molecular weight excluding hydrogens is 274 g/mol. The van der Waals surface area contributed by atoms with Crippen molar-refractivity contribution in [2.75, 3.05) is 6.61 Å². The van der Waals surface area contributed by atoms with E-state index in [1.165, 1.54) is 18.2 Å². The van der Waals surface area contributed by atoms with E-state index in [-0.39, 0.29) is 18.0 Å². The maximum absolute atomic E-state index is 11.9. The molecule has 1 aromatic rings. The highest BCUT2D eigenvalue weighted by Gasteiger charge is 2.35. The van der Waals surface area contributed by atoms with Gasteiger partial charge < -0.3 is 10.1 Å². The molecular formula is C14H15N3O4. The topological polar surface area (TPSA) is 105 Å². The number of nitriles is 1. The number of ether oxygens (including phenoxy) is 1. The van der Waals surface area contributed by atoms with Gasteiger partial charge in [-0.25, -0.2) is 0 Å². The van der Waals surface area contributed by atoms with E-state index >= 15 is 0 Å². The first-order valence-electron chi connectivity index (χ1n) is 6.65. The largest absolute Gasteiger partial charge is 0.477 e. The summed E-state index contributed by atoms with van der Waals surface area (Å²) >= 11 is 0. The molecule has 7 heteroatoms. The third-order valence-corrected chi connectivity index (χ3v) is 3.47. The molecule has 1 saturated carbocycles. The Morgan fingerprint density at radius 3 is 2.71 bits per heavy atom. The quantitative estimate of drug-likeness (QED) is 0.658. The zero-order chi connectivity index (χ0) is 15.3. The number of carbonyl (C=O) groups is 1. The van der Waals surface area contributed by atoms with E-state index < -0.39 is 16.4 Å². The lowest BCUT2D eigenvalue weighted by Crippen LogP contribution is -2.47. The van der Waals surface area contributed by atoms with E-state index in [9.17, 15) is 20.2 Å². The summed E-state index contributed by atoms with van der Waals surface area (Å²) in [5.74, 6) is -0.410. The molecule has 0 heterocycles. The molecule has 1 N–H and O–H groups in total. The number of nitro benzene ring substituents is 1. The second-order valence-corrected chi connectivity index (χ2v) is 4.96. The maximum Gasteiger partial charge on any atom is 0.310 e. The highest BCUT2D eigenvalue weighted by molar-refractivity contribution is 5.79. The van der Waals surface area contributed by atoms with Gasteiger partial charge in [0, 0.05) is 6.07 Å². The molecule has 0 atom stereocenters. The van der Waals surface area contributed by atoms with Crippen LogP contribution in [0.5, 0.6) is 5.75 Å². The second-order valence-electron chi connectivity index (χ2n) is 4.96. The van der Waals surface area contributed by atoms with E-state index in [0.717, 1.165) is 12.8 Å². The van der Waals surface area contributed by atoms with Crippen molar-refractivity contribution in [1.29, 1.82) is 5.26 Å². The predicted molar refractivity (Wildman–Crippen MR) is 73.5 cm³/mol. The number of rotatable bonds is 5. The lowest BCUT2D eigenvalue weighted by atomic mass is 10.00. The Balaban J connectivity index is 1.96. The number of nitro groups is 1. The molecule has 0 radical (unpaired) electrons. The first-order valence-corrected chi connectivity index (χ1v) is 6.65. The highest BCUT2D eigenvalue weighted by atomic mass is 16.6. The van der Waals surface area contributed by atoms with E-state index in [4.69, 9.17) is 4.74 Å². The average molecular weight is 289 g/mol. The summed E-state index contributed by atoms with van der Waals surface area (Å²) < 4.78 is 5.20. The van der Waals surface area contributed by atoms with Crippen LogP contribution in [0.25, 0.3) is 0 Å². The number of nitrogens with one attached hydrogen (secondary N) is 1. The highest BCUT2D eigenvalue weighted by Crippen LogP contribution is 2.29. The number of benzene rings is 1. The normalized spacial score (nSPS) is 16.0. The van der Waals surface area contributed by atoms with Crippen LogP contribution >= 0.6 is 0 Å². The summed E-state index contributed by atoms with van der Waals surface area (Å²) in [6.45, 7) is -0.353. The van der Waals surface area contributed by atoms with Crippen molar-refractivity contribution in [2.24, 2.45) is 0 Å². The van der Waals surface area contributed by atoms with Gasteiger partial charge in [0.2, 0.25) is 0 Å². The first kappa shape index (κ1) is 14.8. The minimum Gasteiger partial charge on any atom is -0.477 e. The zero-order valence-electron chi connectivity index (χ0n) is 11.4. The standard InChI is InChI=1S/C14H15N3O4/c15-10-14(7-3-4-8-14)16-13(18)9-21-12-6-2-1-5-11(12)17(19)20/h1-2,5-6H,3-4,7-9H2,(H,16,18). The lowest BCUT2D eigenvalue weighted by molar-refractivity contribution is -0.385. The van der Waals surface area contributed by atoms with Crippen LogP contribution in [0.15, 0.2) is 24.3 Å². The summed E-state index contributed by atoms with van der Waals surface area (Å²) in [5.41, 5.74) is -1.01. The van der Waals surface area contributed by atoms with Gasteiger partial charge in [-0.05, 0) is 31.7 Å². The van der Waals surface area contributed by atoms with Crippen LogP contribution in [-0.4, -0.2) is 23.0 Å². The third kappa shape index (κ3) is 3.48. The second kappa shape index (κ2) is 6.22. The summed E-state index contributed by atoms with van der Waals surface area (Å²) in [6, 6.07) is 7.99. The molecule has 1 fully saturated rings. The lowest BCUT2D eigenvalue weighted by Gasteiger charge is -2.21. The summed E-state index contributed by atoms with van der Waals surface area (Å²) in [4.78, 5) is 22.1. The number of para-hydroxylation sites is 2. The van der Waals surface area contributed by atoms with Crippen molar-refractivity contribution in [2.45, 2.75) is 31.2 Å². The van der Waals surface area contributed by atoms with Gasteiger partial charge in [0.05, 0.1) is 11.0 Å². The van der Waals surface area contributed by atoms with Crippen LogP contribution in [0.2, 0.25) is 0 Å². The Labute approximate surface area is 121 Å². The SMILES string of the molecule is N#CC1(NC(=O)COc2ccccc2[N+](=O)[O-])CCCC1. The van der Waals surface area contributed by atoms with Crippen molar-refractivity contribution in [3.05, 3.63) is 34.4 Å². The number of hydrogen-bond donors (Lipinski definition) is 1. The smallest absolute Gasteiger partial charge is 0.310 e. The minimum absolute atomic E-state index is 0.0371. The Morgan fingerprint density at radius 2 is 2.10 bits per heavy atom. The summed E-state index contributed by atoms with van der Waals surface area (Å²) in [5, 5.41) is 22.7. The average Bonchev–Trinajstić information content (AvgIpc) is 2.94. The molecule has 7 nitrogen and oxygen atoms in total. The first-order chi connectivity index (χ1) is 10.1. The van der Waals surface area contributed by atoms with Gasteiger partial charge in [0.15, 0.2) is 12.4 Å². The van der Waals surface area contributed by atoms with E-state index in [1.54, 1.807) is 6.07 Å². The fourth-order valence-corrected chi connectivity index (χ4v) is 2.42. The molecule has 0 bridgehead atoms. The van der Waals surface area contributed by atoms with Gasteiger partial charge in [0.25, 0.3) is 5.91 Å². The van der Waals surface area contributed by atoms with Gasteiger partial charge in [0.1, 0.15) is 5.54 Å². The van der Waals surface area contributed by atoms with E-state index in [2.05, 4.69) is 11.4 Å². The number of nitrogens with zero attached hydrogens (tertiary/aromatic N) is 2. The van der Waals surface area contributed by atoms with Crippen molar-refractivity contribution < 1.29 is 14.5 Å². The molecule has 110 valence electrons.